The largest absolute Gasteiger partial charge is 0.496 e. The molecule has 0 radical (unpaired) electrons. The lowest BCUT2D eigenvalue weighted by Gasteiger charge is -2.27. The van der Waals surface area contributed by atoms with Gasteiger partial charge in [0, 0.05) is 6.42 Å². The van der Waals surface area contributed by atoms with Crippen LogP contribution in [0.2, 0.25) is 0 Å². The van der Waals surface area contributed by atoms with Crippen molar-refractivity contribution in [1.29, 1.82) is 0 Å². The van der Waals surface area contributed by atoms with Crippen molar-refractivity contribution in [2.24, 2.45) is 0 Å². The second-order valence-corrected chi connectivity index (χ2v) is 3.71. The number of anilines is 1. The van der Waals surface area contributed by atoms with Gasteiger partial charge in [-0.25, -0.2) is 0 Å². The van der Waals surface area contributed by atoms with Gasteiger partial charge < -0.3 is 4.74 Å². The Morgan fingerprint density at radius 1 is 1.29 bits per heavy atom. The highest BCUT2D eigenvalue weighted by Crippen LogP contribution is 2.33. The molecule has 1 heterocycles. The first kappa shape index (κ1) is 11.6. The van der Waals surface area contributed by atoms with Crippen LogP contribution in [-0.2, 0) is 16.1 Å². The van der Waals surface area contributed by atoms with E-state index in [0.29, 0.717) is 36.1 Å². The van der Waals surface area contributed by atoms with Crippen LogP contribution in [0.3, 0.4) is 0 Å². The molecule has 17 heavy (non-hydrogen) atoms. The molecule has 0 fully saturated rings. The van der Waals surface area contributed by atoms with Crippen LogP contribution in [0, 0.1) is 0 Å². The van der Waals surface area contributed by atoms with Gasteiger partial charge in [-0.1, -0.05) is 0 Å². The third-order valence-corrected chi connectivity index (χ3v) is 2.79. The predicted molar refractivity (Wildman–Crippen MR) is 61.2 cm³/mol. The molecule has 0 bridgehead atoms. The van der Waals surface area contributed by atoms with Crippen molar-refractivity contribution in [1.82, 2.24) is 0 Å². The maximum atomic E-state index is 11.6. The van der Waals surface area contributed by atoms with E-state index in [4.69, 9.17) is 9.57 Å². The fourth-order valence-electron chi connectivity index (χ4n) is 1.96. The van der Waals surface area contributed by atoms with E-state index >= 15 is 0 Å². The van der Waals surface area contributed by atoms with Gasteiger partial charge in [-0.05, 0) is 24.1 Å². The molecule has 0 saturated heterocycles. The van der Waals surface area contributed by atoms with Crippen molar-refractivity contribution < 1.29 is 19.2 Å². The summed E-state index contributed by atoms with van der Waals surface area (Å²) in [4.78, 5) is 27.6. The quantitative estimate of drug-likeness (QED) is 0.742. The first-order valence-corrected chi connectivity index (χ1v) is 5.24. The molecular formula is C12H13NO4. The Hall–Kier alpha value is -1.88. The lowest BCUT2D eigenvalue weighted by atomic mass is 10.00. The number of carbonyl (C=O) groups is 2. The number of rotatable bonds is 3. The summed E-state index contributed by atoms with van der Waals surface area (Å²) < 4.78 is 5.12. The number of carbonyl (C=O) groups excluding carboxylic acids is 2. The van der Waals surface area contributed by atoms with Crippen LogP contribution in [-0.4, -0.2) is 26.4 Å². The highest BCUT2D eigenvalue weighted by atomic mass is 16.7. The predicted octanol–water partition coefficient (Wildman–Crippen LogP) is 1.35. The summed E-state index contributed by atoms with van der Waals surface area (Å²) in [6.45, 7) is 0. The highest BCUT2D eigenvalue weighted by Gasteiger charge is 2.26. The molecule has 0 N–H and O–H groups in total. The molecule has 1 aliphatic heterocycles. The Bertz CT molecular complexity index is 470. The average molecular weight is 235 g/mol. The molecule has 0 aromatic heterocycles. The van der Waals surface area contributed by atoms with Gasteiger partial charge in [-0.3, -0.25) is 14.4 Å². The number of benzene rings is 1. The monoisotopic (exact) mass is 235 g/mol. The molecule has 5 heteroatoms. The minimum absolute atomic E-state index is 0.109. The molecule has 5 nitrogen and oxygen atoms in total. The van der Waals surface area contributed by atoms with Crippen LogP contribution < -0.4 is 9.80 Å². The minimum Gasteiger partial charge on any atom is -0.496 e. The molecule has 0 unspecified atom stereocenters. The summed E-state index contributed by atoms with van der Waals surface area (Å²) in [6.07, 6.45) is 1.72. The van der Waals surface area contributed by atoms with E-state index in [0.717, 1.165) is 5.56 Å². The summed E-state index contributed by atoms with van der Waals surface area (Å²) in [5, 5.41) is 1.21. The number of aryl methyl sites for hydroxylation is 1. The standard InChI is InChI=1S/C12H13NO4/c1-16-11-6-8-3-4-12(15)13(17-2)10(8)5-9(11)7-14/h5-7H,3-4H2,1-2H3. The van der Waals surface area contributed by atoms with Crippen LogP contribution in [0.4, 0.5) is 5.69 Å². The Labute approximate surface area is 98.9 Å². The van der Waals surface area contributed by atoms with E-state index in [9.17, 15) is 9.59 Å². The number of nitrogens with zero attached hydrogens (tertiary/aromatic N) is 1. The lowest BCUT2D eigenvalue weighted by Crippen LogP contribution is -2.34. The van der Waals surface area contributed by atoms with Crippen molar-refractivity contribution in [3.8, 4) is 5.75 Å². The number of aldehydes is 1. The van der Waals surface area contributed by atoms with Crippen molar-refractivity contribution in [3.05, 3.63) is 23.3 Å². The maximum Gasteiger partial charge on any atom is 0.251 e. The average Bonchev–Trinajstić information content (AvgIpc) is 2.37. The van der Waals surface area contributed by atoms with Gasteiger partial charge in [0.25, 0.3) is 5.91 Å². The van der Waals surface area contributed by atoms with Gasteiger partial charge >= 0.3 is 0 Å². The topological polar surface area (TPSA) is 55.8 Å². The first-order valence-electron chi connectivity index (χ1n) is 5.24. The molecule has 2 rings (SSSR count). The summed E-state index contributed by atoms with van der Waals surface area (Å²) in [6, 6.07) is 3.39. The third kappa shape index (κ3) is 1.89. The van der Waals surface area contributed by atoms with Gasteiger partial charge in [0.05, 0.1) is 25.5 Å². The molecule has 0 spiro atoms. The van der Waals surface area contributed by atoms with Crippen LogP contribution in [0.25, 0.3) is 0 Å². The van der Waals surface area contributed by atoms with E-state index in [2.05, 4.69) is 0 Å². The zero-order valence-corrected chi connectivity index (χ0v) is 9.73. The van der Waals surface area contributed by atoms with Gasteiger partial charge in [-0.15, -0.1) is 0 Å². The molecule has 1 aromatic carbocycles. The molecular weight excluding hydrogens is 222 g/mol. The maximum absolute atomic E-state index is 11.6. The zero-order chi connectivity index (χ0) is 12.4. The van der Waals surface area contributed by atoms with Gasteiger partial charge in [0.2, 0.25) is 0 Å². The normalized spacial score (nSPS) is 14.5. The summed E-state index contributed by atoms with van der Waals surface area (Å²) in [5.41, 5.74) is 1.96. The summed E-state index contributed by atoms with van der Waals surface area (Å²) in [5.74, 6) is 0.408. The fraction of sp³-hybridized carbons (Fsp3) is 0.333. The molecule has 0 atom stereocenters. The zero-order valence-electron chi connectivity index (χ0n) is 9.73. The van der Waals surface area contributed by atoms with Gasteiger partial charge in [0.15, 0.2) is 6.29 Å². The molecule has 1 amide bonds. The van der Waals surface area contributed by atoms with Crippen LogP contribution >= 0.6 is 0 Å². The number of amides is 1. The van der Waals surface area contributed by atoms with Crippen LogP contribution in [0.1, 0.15) is 22.3 Å². The molecule has 0 saturated carbocycles. The minimum atomic E-state index is -0.109. The summed E-state index contributed by atoms with van der Waals surface area (Å²) in [7, 11) is 2.94. The van der Waals surface area contributed by atoms with Crippen molar-refractivity contribution in [3.63, 3.8) is 0 Å². The number of hydrogen-bond donors (Lipinski definition) is 0. The van der Waals surface area contributed by atoms with Crippen molar-refractivity contribution in [2.45, 2.75) is 12.8 Å². The number of fused-ring (bicyclic) bond motifs is 1. The van der Waals surface area contributed by atoms with E-state index in [1.165, 1.54) is 19.3 Å². The smallest absolute Gasteiger partial charge is 0.251 e. The van der Waals surface area contributed by atoms with E-state index in [-0.39, 0.29) is 5.91 Å². The fourth-order valence-corrected chi connectivity index (χ4v) is 1.96. The summed E-state index contributed by atoms with van der Waals surface area (Å²) >= 11 is 0. The second-order valence-electron chi connectivity index (χ2n) is 3.71. The Morgan fingerprint density at radius 2 is 2.06 bits per heavy atom. The number of methoxy groups -OCH3 is 1. The SMILES string of the molecule is COc1cc2c(cc1C=O)N(OC)C(=O)CC2. The number of hydrogen-bond acceptors (Lipinski definition) is 4. The van der Waals surface area contributed by atoms with E-state index in [1.54, 1.807) is 12.1 Å². The van der Waals surface area contributed by atoms with Crippen molar-refractivity contribution >= 4 is 17.9 Å². The first-order chi connectivity index (χ1) is 8.21. The Balaban J connectivity index is 2.55. The highest BCUT2D eigenvalue weighted by molar-refractivity contribution is 5.96. The Morgan fingerprint density at radius 3 is 2.65 bits per heavy atom. The van der Waals surface area contributed by atoms with E-state index in [1.807, 2.05) is 0 Å². The van der Waals surface area contributed by atoms with Gasteiger partial charge in [-0.2, -0.15) is 5.06 Å². The number of hydroxylamine groups is 1. The van der Waals surface area contributed by atoms with Crippen LogP contribution in [0.15, 0.2) is 12.1 Å². The molecule has 1 aliphatic rings. The Kier molecular flexibility index (Phi) is 3.10. The molecule has 0 aliphatic carbocycles. The van der Waals surface area contributed by atoms with Gasteiger partial charge in [0.1, 0.15) is 5.75 Å². The lowest BCUT2D eigenvalue weighted by molar-refractivity contribution is -0.125. The third-order valence-electron chi connectivity index (χ3n) is 2.79. The van der Waals surface area contributed by atoms with E-state index < -0.39 is 0 Å². The number of ether oxygens (including phenoxy) is 1. The van der Waals surface area contributed by atoms with Crippen molar-refractivity contribution in [2.75, 3.05) is 19.3 Å². The second kappa shape index (κ2) is 4.55. The van der Waals surface area contributed by atoms with Crippen LogP contribution in [0.5, 0.6) is 5.75 Å². The molecule has 1 aromatic rings. The molecule has 90 valence electrons.